The number of nitrogens with one attached hydrogen (secondary N) is 1. The number of benzene rings is 2. The van der Waals surface area contributed by atoms with Gasteiger partial charge in [0, 0.05) is 18.2 Å². The van der Waals surface area contributed by atoms with Gasteiger partial charge in [-0.1, -0.05) is 36.4 Å². The van der Waals surface area contributed by atoms with Gasteiger partial charge in [-0.15, -0.1) is 11.3 Å². The van der Waals surface area contributed by atoms with Crippen LogP contribution in [0.25, 0.3) is 0 Å². The summed E-state index contributed by atoms with van der Waals surface area (Å²) in [6.45, 7) is 0.170. The zero-order valence-corrected chi connectivity index (χ0v) is 13.6. The van der Waals surface area contributed by atoms with E-state index in [1.54, 1.807) is 29.9 Å². The topological polar surface area (TPSA) is 71.5 Å². The van der Waals surface area contributed by atoms with Gasteiger partial charge in [-0.3, -0.25) is 10.3 Å². The van der Waals surface area contributed by atoms with Gasteiger partial charge >= 0.3 is 6.09 Å². The molecule has 2 aromatic carbocycles. The van der Waals surface area contributed by atoms with Crippen molar-refractivity contribution in [3.8, 4) is 5.75 Å². The molecule has 3 aromatic rings. The molecule has 1 aromatic heterocycles. The fraction of sp³-hybridized carbons (Fsp3) is 0.111. The number of anilines is 1. The Morgan fingerprint density at radius 2 is 2.00 bits per heavy atom. The van der Waals surface area contributed by atoms with Crippen molar-refractivity contribution >= 4 is 23.1 Å². The van der Waals surface area contributed by atoms with E-state index in [4.69, 9.17) is 4.74 Å². The molecule has 0 aliphatic carbocycles. The number of phenols is 1. The Hall–Kier alpha value is -2.86. The Kier molecular flexibility index (Phi) is 5.08. The SMILES string of the molecule is O=C(Nc1cccc(O)c1Cc1ccccc1)OCc1cncs1. The molecule has 0 saturated heterocycles. The van der Waals surface area contributed by atoms with Crippen molar-refractivity contribution in [3.63, 3.8) is 0 Å². The number of phenolic OH excluding ortho intramolecular Hbond substituents is 1. The third-order valence-corrected chi connectivity index (χ3v) is 4.19. The Labute approximate surface area is 143 Å². The maximum Gasteiger partial charge on any atom is 0.411 e. The molecule has 122 valence electrons. The smallest absolute Gasteiger partial charge is 0.411 e. The number of carbonyl (C=O) groups is 1. The van der Waals surface area contributed by atoms with Crippen LogP contribution in [0.1, 0.15) is 16.0 Å². The number of hydrogen-bond donors (Lipinski definition) is 2. The van der Waals surface area contributed by atoms with Gasteiger partial charge in [0.15, 0.2) is 0 Å². The monoisotopic (exact) mass is 340 g/mol. The highest BCUT2D eigenvalue weighted by molar-refractivity contribution is 7.09. The summed E-state index contributed by atoms with van der Waals surface area (Å²) >= 11 is 1.42. The summed E-state index contributed by atoms with van der Waals surface area (Å²) in [5, 5.41) is 12.8. The average molecular weight is 340 g/mol. The van der Waals surface area contributed by atoms with Crippen LogP contribution < -0.4 is 5.32 Å². The van der Waals surface area contributed by atoms with E-state index in [2.05, 4.69) is 10.3 Å². The lowest BCUT2D eigenvalue weighted by Crippen LogP contribution is -2.14. The maximum atomic E-state index is 12.0. The van der Waals surface area contributed by atoms with Crippen molar-refractivity contribution in [3.05, 3.63) is 76.2 Å². The van der Waals surface area contributed by atoms with Crippen LogP contribution in [0.3, 0.4) is 0 Å². The van der Waals surface area contributed by atoms with Crippen molar-refractivity contribution in [2.24, 2.45) is 0 Å². The average Bonchev–Trinajstić information content (AvgIpc) is 3.11. The number of carbonyl (C=O) groups excluding carboxylic acids is 1. The van der Waals surface area contributed by atoms with Crippen LogP contribution in [0.5, 0.6) is 5.75 Å². The lowest BCUT2D eigenvalue weighted by Gasteiger charge is -2.13. The lowest BCUT2D eigenvalue weighted by molar-refractivity contribution is 0.156. The fourth-order valence-corrected chi connectivity index (χ4v) is 2.78. The Morgan fingerprint density at radius 1 is 1.17 bits per heavy atom. The Balaban J connectivity index is 1.70. The predicted molar refractivity (Wildman–Crippen MR) is 93.3 cm³/mol. The van der Waals surface area contributed by atoms with Crippen LogP contribution in [0.4, 0.5) is 10.5 Å². The normalized spacial score (nSPS) is 10.3. The molecule has 0 unspecified atom stereocenters. The van der Waals surface area contributed by atoms with Gasteiger partial charge in [0.1, 0.15) is 12.4 Å². The third kappa shape index (κ3) is 4.11. The maximum absolute atomic E-state index is 12.0. The Morgan fingerprint density at radius 3 is 2.75 bits per heavy atom. The van der Waals surface area contributed by atoms with E-state index < -0.39 is 6.09 Å². The predicted octanol–water partition coefficient (Wildman–Crippen LogP) is 4.19. The highest BCUT2D eigenvalue weighted by Gasteiger charge is 2.12. The molecule has 2 N–H and O–H groups in total. The molecular weight excluding hydrogens is 324 g/mol. The van der Waals surface area contributed by atoms with Crippen molar-refractivity contribution in [1.82, 2.24) is 4.98 Å². The molecule has 0 radical (unpaired) electrons. The van der Waals surface area contributed by atoms with E-state index in [-0.39, 0.29) is 12.4 Å². The molecule has 1 heterocycles. The van der Waals surface area contributed by atoms with Gasteiger partial charge in [0.05, 0.1) is 16.1 Å². The Bertz CT molecular complexity index is 804. The number of ether oxygens (including phenoxy) is 1. The molecule has 6 heteroatoms. The largest absolute Gasteiger partial charge is 0.508 e. The van der Waals surface area contributed by atoms with Crippen molar-refractivity contribution in [1.29, 1.82) is 0 Å². The van der Waals surface area contributed by atoms with Crippen LogP contribution >= 0.6 is 11.3 Å². The molecule has 0 fully saturated rings. The van der Waals surface area contributed by atoms with E-state index >= 15 is 0 Å². The minimum absolute atomic E-state index is 0.138. The van der Waals surface area contributed by atoms with Crippen LogP contribution in [-0.2, 0) is 17.8 Å². The van der Waals surface area contributed by atoms with Crippen LogP contribution in [0.2, 0.25) is 0 Å². The number of hydrogen-bond acceptors (Lipinski definition) is 5. The number of nitrogens with zero attached hydrogens (tertiary/aromatic N) is 1. The minimum Gasteiger partial charge on any atom is -0.508 e. The van der Waals surface area contributed by atoms with E-state index in [1.807, 2.05) is 30.3 Å². The minimum atomic E-state index is -0.566. The zero-order chi connectivity index (χ0) is 16.8. The van der Waals surface area contributed by atoms with Gasteiger partial charge < -0.3 is 9.84 Å². The fourth-order valence-electron chi connectivity index (χ4n) is 2.27. The first kappa shape index (κ1) is 16.0. The van der Waals surface area contributed by atoms with Gasteiger partial charge in [-0.2, -0.15) is 0 Å². The molecule has 24 heavy (non-hydrogen) atoms. The summed E-state index contributed by atoms with van der Waals surface area (Å²) in [7, 11) is 0. The number of amides is 1. The van der Waals surface area contributed by atoms with E-state index in [1.165, 1.54) is 11.3 Å². The molecule has 0 bridgehead atoms. The highest BCUT2D eigenvalue weighted by Crippen LogP contribution is 2.28. The second-order valence-corrected chi connectivity index (χ2v) is 6.11. The molecule has 0 atom stereocenters. The zero-order valence-electron chi connectivity index (χ0n) is 12.8. The summed E-state index contributed by atoms with van der Waals surface area (Å²) in [6, 6.07) is 14.8. The second-order valence-electron chi connectivity index (χ2n) is 5.13. The van der Waals surface area contributed by atoms with Gasteiger partial charge in [0.25, 0.3) is 0 Å². The molecule has 3 rings (SSSR count). The number of rotatable bonds is 5. The third-order valence-electron chi connectivity index (χ3n) is 3.44. The summed E-state index contributed by atoms with van der Waals surface area (Å²) in [6.07, 6.45) is 1.61. The first-order valence-electron chi connectivity index (χ1n) is 7.38. The molecular formula is C18H16N2O3S. The molecule has 0 aliphatic rings. The van der Waals surface area contributed by atoms with Crippen molar-refractivity contribution in [2.75, 3.05) is 5.32 Å². The molecule has 0 aliphatic heterocycles. The summed E-state index contributed by atoms with van der Waals surface area (Å²) < 4.78 is 5.17. The van der Waals surface area contributed by atoms with Crippen molar-refractivity contribution in [2.45, 2.75) is 13.0 Å². The van der Waals surface area contributed by atoms with E-state index in [0.717, 1.165) is 10.4 Å². The number of thiazole rings is 1. The lowest BCUT2D eigenvalue weighted by atomic mass is 10.0. The van der Waals surface area contributed by atoms with E-state index in [9.17, 15) is 9.90 Å². The second kappa shape index (κ2) is 7.61. The molecule has 1 amide bonds. The van der Waals surface area contributed by atoms with Crippen LogP contribution in [0, 0.1) is 0 Å². The van der Waals surface area contributed by atoms with Gasteiger partial charge in [-0.25, -0.2) is 4.79 Å². The highest BCUT2D eigenvalue weighted by atomic mass is 32.1. The van der Waals surface area contributed by atoms with Gasteiger partial charge in [0.2, 0.25) is 0 Å². The number of aromatic hydroxyl groups is 1. The summed E-state index contributed by atoms with van der Waals surface area (Å²) in [4.78, 5) is 16.8. The molecule has 0 saturated carbocycles. The first-order valence-corrected chi connectivity index (χ1v) is 8.26. The van der Waals surface area contributed by atoms with Crippen LogP contribution in [-0.4, -0.2) is 16.2 Å². The van der Waals surface area contributed by atoms with E-state index in [0.29, 0.717) is 17.7 Å². The van der Waals surface area contributed by atoms with Crippen LogP contribution in [0.15, 0.2) is 60.2 Å². The van der Waals surface area contributed by atoms with Gasteiger partial charge in [-0.05, 0) is 17.7 Å². The van der Waals surface area contributed by atoms with Crippen molar-refractivity contribution < 1.29 is 14.6 Å². The molecule has 5 nitrogen and oxygen atoms in total. The number of aromatic nitrogens is 1. The summed E-state index contributed by atoms with van der Waals surface area (Å²) in [5.74, 6) is 0.138. The standard InChI is InChI=1S/C18H16N2O3S/c21-17-8-4-7-16(15(17)9-13-5-2-1-3-6-13)20-18(22)23-11-14-10-19-12-24-14/h1-8,10,12,21H,9,11H2,(H,20,22). The molecule has 0 spiro atoms. The first-order chi connectivity index (χ1) is 11.7. The summed E-state index contributed by atoms with van der Waals surface area (Å²) in [5.41, 5.74) is 3.91. The quantitative estimate of drug-likeness (QED) is 0.730.